The predicted molar refractivity (Wildman–Crippen MR) is 103 cm³/mol. The second-order valence-corrected chi connectivity index (χ2v) is 6.93. The summed E-state index contributed by atoms with van der Waals surface area (Å²) in [6.07, 6.45) is 0. The summed E-state index contributed by atoms with van der Waals surface area (Å²) in [5, 5.41) is 12.5. The van der Waals surface area contributed by atoms with E-state index in [2.05, 4.69) is 11.2 Å². The number of thiophene rings is 1. The van der Waals surface area contributed by atoms with Crippen molar-refractivity contribution in [1.29, 1.82) is 5.41 Å². The van der Waals surface area contributed by atoms with Gasteiger partial charge in [0.15, 0.2) is 0 Å². The number of carbonyl (C=O) groups is 1. The van der Waals surface area contributed by atoms with E-state index in [9.17, 15) is 4.79 Å². The van der Waals surface area contributed by atoms with Gasteiger partial charge in [0.25, 0.3) is 0 Å². The van der Waals surface area contributed by atoms with Crippen LogP contribution in [0.15, 0.2) is 64.7 Å². The van der Waals surface area contributed by atoms with Crippen LogP contribution in [-0.4, -0.2) is 16.8 Å². The third-order valence-electron chi connectivity index (χ3n) is 3.92. The number of esters is 1. The van der Waals surface area contributed by atoms with Crippen LogP contribution in [0.1, 0.15) is 23.3 Å². The van der Waals surface area contributed by atoms with Gasteiger partial charge < -0.3 is 10.1 Å². The number of allylic oxidation sites excluding steroid dienone is 1. The molecule has 0 fully saturated rings. The fourth-order valence-corrected chi connectivity index (χ4v) is 3.90. The van der Waals surface area contributed by atoms with Gasteiger partial charge in [0.2, 0.25) is 0 Å². The van der Waals surface area contributed by atoms with Crippen molar-refractivity contribution in [2.24, 2.45) is 0 Å². The Morgan fingerprint density at radius 2 is 2.08 bits per heavy atom. The van der Waals surface area contributed by atoms with E-state index in [4.69, 9.17) is 22.4 Å². The van der Waals surface area contributed by atoms with Crippen molar-refractivity contribution in [3.63, 3.8) is 0 Å². The highest BCUT2D eigenvalue weighted by atomic mass is 32.1. The molecule has 0 saturated heterocycles. The SMILES string of the molecule is CC1=C(C(=O)OCc2ccccc2)C(c2cccs2)C(=C=N)C(=S)N1. The Kier molecular flexibility index (Phi) is 5.24. The second-order valence-electron chi connectivity index (χ2n) is 5.54. The van der Waals surface area contributed by atoms with E-state index in [1.54, 1.807) is 6.92 Å². The van der Waals surface area contributed by atoms with E-state index in [1.165, 1.54) is 11.3 Å². The zero-order valence-corrected chi connectivity index (χ0v) is 15.2. The fourth-order valence-electron chi connectivity index (χ4n) is 2.74. The van der Waals surface area contributed by atoms with E-state index in [1.807, 2.05) is 47.8 Å². The van der Waals surface area contributed by atoms with Gasteiger partial charge >= 0.3 is 5.97 Å². The molecule has 0 aliphatic carbocycles. The standard InChI is InChI=1S/C19H16N2O2S2/c1-12-16(19(22)23-11-13-6-3-2-4-7-13)17(15-8-5-9-25-15)14(10-20)18(24)21-12/h2-9,17,20H,11H2,1H3,(H,21,24). The van der Waals surface area contributed by atoms with Crippen LogP contribution in [0.5, 0.6) is 0 Å². The van der Waals surface area contributed by atoms with Crippen LogP contribution in [0, 0.1) is 5.41 Å². The zero-order chi connectivity index (χ0) is 17.8. The van der Waals surface area contributed by atoms with Gasteiger partial charge in [0, 0.05) is 10.6 Å². The number of thiocarbonyl (C=S) groups is 1. The molecule has 0 radical (unpaired) electrons. The number of nitrogens with one attached hydrogen (secondary N) is 2. The largest absolute Gasteiger partial charge is 0.457 e. The summed E-state index contributed by atoms with van der Waals surface area (Å²) in [7, 11) is 0. The summed E-state index contributed by atoms with van der Waals surface area (Å²) in [6, 6.07) is 13.4. The average molecular weight is 368 g/mol. The number of benzene rings is 1. The maximum absolute atomic E-state index is 12.8. The molecule has 1 aromatic heterocycles. The smallest absolute Gasteiger partial charge is 0.337 e. The van der Waals surface area contributed by atoms with Crippen LogP contribution >= 0.6 is 23.6 Å². The lowest BCUT2D eigenvalue weighted by Gasteiger charge is -2.28. The topological polar surface area (TPSA) is 62.2 Å². The molecule has 2 aromatic rings. The van der Waals surface area contributed by atoms with E-state index in [-0.39, 0.29) is 6.61 Å². The number of hydrogen-bond donors (Lipinski definition) is 2. The molecule has 1 aliphatic rings. The molecule has 3 rings (SSSR count). The van der Waals surface area contributed by atoms with E-state index in [0.717, 1.165) is 10.4 Å². The van der Waals surface area contributed by atoms with Crippen LogP contribution in [0.2, 0.25) is 0 Å². The quantitative estimate of drug-likeness (QED) is 0.371. The van der Waals surface area contributed by atoms with Gasteiger partial charge in [-0.15, -0.1) is 11.3 Å². The van der Waals surface area contributed by atoms with E-state index in [0.29, 0.717) is 21.8 Å². The summed E-state index contributed by atoms with van der Waals surface area (Å²) in [5.74, 6) is 1.56. The summed E-state index contributed by atoms with van der Waals surface area (Å²) in [6.45, 7) is 1.99. The van der Waals surface area contributed by atoms with Crippen molar-refractivity contribution >= 4 is 40.4 Å². The normalized spacial score (nSPS) is 17.1. The molecule has 2 heterocycles. The van der Waals surface area contributed by atoms with Gasteiger partial charge in [0.05, 0.1) is 17.1 Å². The number of ether oxygens (including phenoxy) is 1. The molecule has 1 atom stereocenters. The number of rotatable bonds is 4. The fraction of sp³-hybridized carbons (Fsp3) is 0.158. The Hall–Kier alpha value is -2.53. The van der Waals surface area contributed by atoms with Crippen LogP contribution in [0.3, 0.4) is 0 Å². The van der Waals surface area contributed by atoms with Crippen molar-refractivity contribution < 1.29 is 9.53 Å². The molecule has 126 valence electrons. The maximum Gasteiger partial charge on any atom is 0.337 e. The van der Waals surface area contributed by atoms with Crippen molar-refractivity contribution in [3.05, 3.63) is 75.1 Å². The molecular formula is C19H16N2O2S2. The first kappa shape index (κ1) is 17.3. The molecule has 1 aromatic carbocycles. The minimum Gasteiger partial charge on any atom is -0.457 e. The Morgan fingerprint density at radius 1 is 1.32 bits per heavy atom. The first-order valence-electron chi connectivity index (χ1n) is 7.68. The van der Waals surface area contributed by atoms with Crippen molar-refractivity contribution in [2.45, 2.75) is 19.4 Å². The van der Waals surface area contributed by atoms with E-state index >= 15 is 0 Å². The third-order valence-corrected chi connectivity index (χ3v) is 5.18. The summed E-state index contributed by atoms with van der Waals surface area (Å²) >= 11 is 6.84. The molecular weight excluding hydrogens is 352 g/mol. The summed E-state index contributed by atoms with van der Waals surface area (Å²) < 4.78 is 5.52. The van der Waals surface area contributed by atoms with Crippen LogP contribution in [-0.2, 0) is 16.1 Å². The van der Waals surface area contributed by atoms with Crippen LogP contribution in [0.25, 0.3) is 0 Å². The molecule has 0 spiro atoms. The average Bonchev–Trinajstić information content (AvgIpc) is 3.14. The van der Waals surface area contributed by atoms with Gasteiger partial charge in [-0.25, -0.2) is 4.79 Å². The number of carbonyl (C=O) groups excluding carboxylic acids is 1. The third kappa shape index (κ3) is 3.61. The molecule has 1 unspecified atom stereocenters. The van der Waals surface area contributed by atoms with E-state index < -0.39 is 11.9 Å². The lowest BCUT2D eigenvalue weighted by molar-refractivity contribution is -0.140. The van der Waals surface area contributed by atoms with Crippen molar-refractivity contribution in [3.8, 4) is 0 Å². The Labute approximate surface area is 155 Å². The summed E-state index contributed by atoms with van der Waals surface area (Å²) in [4.78, 5) is 14.2. The molecule has 0 bridgehead atoms. The molecule has 0 saturated carbocycles. The Morgan fingerprint density at radius 3 is 2.72 bits per heavy atom. The van der Waals surface area contributed by atoms with Gasteiger partial charge in [-0.05, 0) is 29.8 Å². The molecule has 1 aliphatic heterocycles. The van der Waals surface area contributed by atoms with Crippen molar-refractivity contribution in [2.75, 3.05) is 0 Å². The second kappa shape index (κ2) is 7.57. The highest BCUT2D eigenvalue weighted by Crippen LogP contribution is 2.38. The first-order chi connectivity index (χ1) is 12.1. The Balaban J connectivity index is 1.93. The molecule has 0 amide bonds. The molecule has 2 N–H and O–H groups in total. The van der Waals surface area contributed by atoms with Crippen molar-refractivity contribution in [1.82, 2.24) is 5.32 Å². The van der Waals surface area contributed by atoms with Gasteiger partial charge in [0.1, 0.15) is 11.6 Å². The van der Waals surface area contributed by atoms with Gasteiger partial charge in [-0.1, -0.05) is 48.6 Å². The van der Waals surface area contributed by atoms with Gasteiger partial charge in [-0.3, -0.25) is 5.41 Å². The minimum absolute atomic E-state index is 0.196. The molecule has 6 heteroatoms. The lowest BCUT2D eigenvalue weighted by Crippen LogP contribution is -2.35. The van der Waals surface area contributed by atoms with Crippen LogP contribution in [0.4, 0.5) is 0 Å². The van der Waals surface area contributed by atoms with Crippen LogP contribution < -0.4 is 5.32 Å². The lowest BCUT2D eigenvalue weighted by atomic mass is 9.86. The highest BCUT2D eigenvalue weighted by molar-refractivity contribution is 7.80. The minimum atomic E-state index is -0.422. The number of hydrogen-bond acceptors (Lipinski definition) is 5. The highest BCUT2D eigenvalue weighted by Gasteiger charge is 2.36. The monoisotopic (exact) mass is 368 g/mol. The maximum atomic E-state index is 12.8. The Bertz CT molecular complexity index is 879. The zero-order valence-electron chi connectivity index (χ0n) is 13.5. The molecule has 25 heavy (non-hydrogen) atoms. The first-order valence-corrected chi connectivity index (χ1v) is 8.96. The predicted octanol–water partition coefficient (Wildman–Crippen LogP) is 3.95. The van der Waals surface area contributed by atoms with Gasteiger partial charge in [-0.2, -0.15) is 0 Å². The summed E-state index contributed by atoms with van der Waals surface area (Å²) in [5.41, 5.74) is 2.53. The molecule has 4 nitrogen and oxygen atoms in total.